The van der Waals surface area contributed by atoms with Crippen LogP contribution in [0.4, 0.5) is 0 Å². The van der Waals surface area contributed by atoms with Crippen molar-refractivity contribution in [1.82, 2.24) is 10.6 Å². The molecule has 0 spiro atoms. The highest BCUT2D eigenvalue weighted by Gasteiger charge is 2.30. The molecule has 1 aromatic rings. The van der Waals surface area contributed by atoms with Crippen molar-refractivity contribution in [3.8, 4) is 0 Å². The molecule has 0 aromatic heterocycles. The van der Waals surface area contributed by atoms with Crippen LogP contribution in [0.3, 0.4) is 0 Å². The Hall–Kier alpha value is -1.88. The molecule has 1 saturated carbocycles. The Balaban J connectivity index is 1.99. The monoisotopic (exact) mass is 290 g/mol. The number of aliphatic carboxylic acids is 1. The third-order valence-electron chi connectivity index (χ3n) is 4.02. The molecule has 21 heavy (non-hydrogen) atoms. The average Bonchev–Trinajstić information content (AvgIpc) is 2.94. The molecule has 1 aliphatic rings. The number of nitrogens with one attached hydrogen (secondary N) is 2. The fourth-order valence-electron chi connectivity index (χ4n) is 2.82. The summed E-state index contributed by atoms with van der Waals surface area (Å²) in [7, 11) is 1.88. The van der Waals surface area contributed by atoms with Crippen molar-refractivity contribution in [2.24, 2.45) is 5.92 Å². The molecule has 2 atom stereocenters. The molecule has 1 fully saturated rings. The molecule has 5 nitrogen and oxygen atoms in total. The first-order chi connectivity index (χ1) is 10.1. The summed E-state index contributed by atoms with van der Waals surface area (Å²) >= 11 is 0. The Morgan fingerprint density at radius 2 is 2.05 bits per heavy atom. The Kier molecular flexibility index (Phi) is 5.33. The van der Waals surface area contributed by atoms with Gasteiger partial charge in [0, 0.05) is 11.6 Å². The first-order valence-electron chi connectivity index (χ1n) is 7.38. The first kappa shape index (κ1) is 15.5. The Morgan fingerprint density at radius 3 is 2.71 bits per heavy atom. The van der Waals surface area contributed by atoms with Crippen LogP contribution in [0.5, 0.6) is 0 Å². The summed E-state index contributed by atoms with van der Waals surface area (Å²) in [5, 5.41) is 15.1. The lowest BCUT2D eigenvalue weighted by Crippen LogP contribution is -2.34. The van der Waals surface area contributed by atoms with E-state index < -0.39 is 5.97 Å². The number of carboxylic acids is 1. The van der Waals surface area contributed by atoms with Crippen LogP contribution in [-0.2, 0) is 11.2 Å². The summed E-state index contributed by atoms with van der Waals surface area (Å²) < 4.78 is 0. The van der Waals surface area contributed by atoms with E-state index in [1.165, 1.54) is 0 Å². The highest BCUT2D eigenvalue weighted by atomic mass is 16.4. The third kappa shape index (κ3) is 4.04. The number of likely N-dealkylation sites (N-methyl/N-ethyl adjacent to an activating group) is 1. The molecule has 1 aromatic carbocycles. The normalized spacial score (nSPS) is 21.2. The molecule has 2 rings (SSSR count). The summed E-state index contributed by atoms with van der Waals surface area (Å²) in [4.78, 5) is 23.3. The molecule has 1 amide bonds. The number of carbonyl (C=O) groups is 2. The quantitative estimate of drug-likeness (QED) is 0.740. The zero-order chi connectivity index (χ0) is 15.2. The maximum atomic E-state index is 12.4. The van der Waals surface area contributed by atoms with Crippen molar-refractivity contribution < 1.29 is 14.7 Å². The molecule has 0 radical (unpaired) electrons. The lowest BCUT2D eigenvalue weighted by atomic mass is 10.0. The van der Waals surface area contributed by atoms with Gasteiger partial charge in [-0.1, -0.05) is 18.2 Å². The van der Waals surface area contributed by atoms with Gasteiger partial charge in [-0.3, -0.25) is 9.59 Å². The van der Waals surface area contributed by atoms with Crippen molar-refractivity contribution in [2.45, 2.75) is 31.7 Å². The molecule has 5 heteroatoms. The average molecular weight is 290 g/mol. The second-order valence-electron chi connectivity index (χ2n) is 5.53. The minimum atomic E-state index is -0.763. The van der Waals surface area contributed by atoms with Crippen molar-refractivity contribution in [2.75, 3.05) is 13.6 Å². The number of hydrogen-bond donors (Lipinski definition) is 3. The van der Waals surface area contributed by atoms with Gasteiger partial charge in [0.25, 0.3) is 5.91 Å². The second-order valence-corrected chi connectivity index (χ2v) is 5.53. The summed E-state index contributed by atoms with van der Waals surface area (Å²) in [6, 6.07) is 7.53. The van der Waals surface area contributed by atoms with Gasteiger partial charge in [0.2, 0.25) is 0 Å². The molecule has 0 unspecified atom stereocenters. The van der Waals surface area contributed by atoms with E-state index in [-0.39, 0.29) is 17.9 Å². The van der Waals surface area contributed by atoms with Gasteiger partial charge < -0.3 is 15.7 Å². The summed E-state index contributed by atoms with van der Waals surface area (Å²) in [5.74, 6) is -1.19. The van der Waals surface area contributed by atoms with Gasteiger partial charge in [0.05, 0.1) is 5.92 Å². The van der Waals surface area contributed by atoms with Crippen LogP contribution in [-0.4, -0.2) is 36.6 Å². The van der Waals surface area contributed by atoms with Crippen LogP contribution in [0.2, 0.25) is 0 Å². The topological polar surface area (TPSA) is 78.4 Å². The predicted octanol–water partition coefficient (Wildman–Crippen LogP) is 1.43. The molecule has 0 aliphatic heterocycles. The highest BCUT2D eigenvalue weighted by molar-refractivity contribution is 5.96. The van der Waals surface area contributed by atoms with E-state index in [0.29, 0.717) is 18.4 Å². The van der Waals surface area contributed by atoms with E-state index >= 15 is 0 Å². The lowest BCUT2D eigenvalue weighted by molar-refractivity contribution is -0.141. The van der Waals surface area contributed by atoms with Crippen LogP contribution < -0.4 is 10.6 Å². The number of carbonyl (C=O) groups excluding carboxylic acids is 1. The molecule has 1 aliphatic carbocycles. The van der Waals surface area contributed by atoms with Crippen LogP contribution in [0, 0.1) is 5.92 Å². The minimum Gasteiger partial charge on any atom is -0.481 e. The van der Waals surface area contributed by atoms with Gasteiger partial charge in [-0.15, -0.1) is 0 Å². The largest absolute Gasteiger partial charge is 0.481 e. The van der Waals surface area contributed by atoms with Crippen molar-refractivity contribution >= 4 is 11.9 Å². The minimum absolute atomic E-state index is 0.0315. The van der Waals surface area contributed by atoms with E-state index in [0.717, 1.165) is 24.9 Å². The molecule has 0 saturated heterocycles. The van der Waals surface area contributed by atoms with Crippen LogP contribution in [0.15, 0.2) is 24.3 Å². The Labute approximate surface area is 124 Å². The summed E-state index contributed by atoms with van der Waals surface area (Å²) in [6.07, 6.45) is 2.70. The van der Waals surface area contributed by atoms with Gasteiger partial charge in [-0.25, -0.2) is 0 Å². The molecule has 0 bridgehead atoms. The van der Waals surface area contributed by atoms with Gasteiger partial charge in [0.1, 0.15) is 0 Å². The number of carboxylic acid groups (broad SMARTS) is 1. The molecule has 3 N–H and O–H groups in total. The zero-order valence-electron chi connectivity index (χ0n) is 12.3. The van der Waals surface area contributed by atoms with Crippen LogP contribution in [0.1, 0.15) is 35.2 Å². The Morgan fingerprint density at radius 1 is 1.29 bits per heavy atom. The third-order valence-corrected chi connectivity index (χ3v) is 4.02. The highest BCUT2D eigenvalue weighted by Crippen LogP contribution is 2.26. The number of rotatable bonds is 6. The van der Waals surface area contributed by atoms with Crippen LogP contribution in [0.25, 0.3) is 0 Å². The van der Waals surface area contributed by atoms with Gasteiger partial charge in [-0.2, -0.15) is 0 Å². The molecule has 0 heterocycles. The molecular formula is C16H22N2O3. The first-order valence-corrected chi connectivity index (χ1v) is 7.38. The zero-order valence-corrected chi connectivity index (χ0v) is 12.3. The summed E-state index contributed by atoms with van der Waals surface area (Å²) in [5.41, 5.74) is 1.70. The summed E-state index contributed by atoms with van der Waals surface area (Å²) in [6.45, 7) is 0.814. The van der Waals surface area contributed by atoms with Crippen molar-refractivity contribution in [1.29, 1.82) is 0 Å². The van der Waals surface area contributed by atoms with Gasteiger partial charge >= 0.3 is 5.97 Å². The Bertz CT molecular complexity index is 516. The van der Waals surface area contributed by atoms with E-state index in [1.807, 2.05) is 31.3 Å². The fraction of sp³-hybridized carbons (Fsp3) is 0.500. The smallest absolute Gasteiger partial charge is 0.306 e. The van der Waals surface area contributed by atoms with Crippen LogP contribution >= 0.6 is 0 Å². The SMILES string of the molecule is CNCCc1ccccc1C(=O)N[C@H]1CC[C@@H](C(=O)O)C1. The van der Waals surface area contributed by atoms with E-state index in [2.05, 4.69) is 10.6 Å². The van der Waals surface area contributed by atoms with Crippen molar-refractivity contribution in [3.05, 3.63) is 35.4 Å². The second kappa shape index (κ2) is 7.22. The maximum Gasteiger partial charge on any atom is 0.306 e. The lowest BCUT2D eigenvalue weighted by Gasteiger charge is -2.14. The number of benzene rings is 1. The van der Waals surface area contributed by atoms with Gasteiger partial charge in [0.15, 0.2) is 0 Å². The fourth-order valence-corrected chi connectivity index (χ4v) is 2.82. The maximum absolute atomic E-state index is 12.4. The number of amides is 1. The predicted molar refractivity (Wildman–Crippen MR) is 80.3 cm³/mol. The van der Waals surface area contributed by atoms with Gasteiger partial charge in [-0.05, 0) is 50.9 Å². The van der Waals surface area contributed by atoms with Crippen molar-refractivity contribution in [3.63, 3.8) is 0 Å². The van der Waals surface area contributed by atoms with E-state index in [4.69, 9.17) is 5.11 Å². The standard InChI is InChI=1S/C16H22N2O3/c1-17-9-8-11-4-2-3-5-14(11)15(19)18-13-7-6-12(10-13)16(20)21/h2-5,12-13,17H,6-10H2,1H3,(H,18,19)(H,20,21)/t12-,13+/m1/s1. The molecular weight excluding hydrogens is 268 g/mol. The van der Waals surface area contributed by atoms with E-state index in [1.54, 1.807) is 0 Å². The number of hydrogen-bond acceptors (Lipinski definition) is 3. The van der Waals surface area contributed by atoms with E-state index in [9.17, 15) is 9.59 Å². The molecule has 114 valence electrons.